The van der Waals surface area contributed by atoms with Crippen molar-refractivity contribution in [2.24, 2.45) is 0 Å². The van der Waals surface area contributed by atoms with E-state index in [1.807, 2.05) is 24.3 Å². The van der Waals surface area contributed by atoms with Gasteiger partial charge in [0.2, 0.25) is 5.91 Å². The molecule has 5 rings (SSSR count). The van der Waals surface area contributed by atoms with E-state index >= 15 is 0 Å². The van der Waals surface area contributed by atoms with Gasteiger partial charge < -0.3 is 4.90 Å². The molecule has 3 heterocycles. The normalized spacial score (nSPS) is 20.5. The SMILES string of the molecule is O=C(CN1C(=O)c2ccccc2S1(=O)=O)N1CCCC(c2nc3ccccc3s2)C1. The van der Waals surface area contributed by atoms with Gasteiger partial charge in [0.05, 0.1) is 20.8 Å². The largest absolute Gasteiger partial charge is 0.340 e. The third-order valence-corrected chi connectivity index (χ3v) is 8.61. The van der Waals surface area contributed by atoms with Crippen molar-refractivity contribution in [3.05, 3.63) is 59.1 Å². The molecule has 0 bridgehead atoms. The van der Waals surface area contributed by atoms with Gasteiger partial charge in [-0.1, -0.05) is 24.3 Å². The van der Waals surface area contributed by atoms with Crippen LogP contribution in [0, 0.1) is 0 Å². The molecule has 9 heteroatoms. The van der Waals surface area contributed by atoms with E-state index in [1.54, 1.807) is 28.4 Å². The Bertz CT molecular complexity index is 1240. The van der Waals surface area contributed by atoms with Crippen molar-refractivity contribution in [1.29, 1.82) is 0 Å². The highest BCUT2D eigenvalue weighted by Gasteiger charge is 2.42. The fourth-order valence-electron chi connectivity index (χ4n) is 4.08. The zero-order chi connectivity index (χ0) is 20.9. The van der Waals surface area contributed by atoms with Crippen molar-refractivity contribution in [2.75, 3.05) is 19.6 Å². The maximum atomic E-state index is 12.9. The van der Waals surface area contributed by atoms with Gasteiger partial charge in [-0.05, 0) is 37.1 Å². The molecule has 0 saturated carbocycles. The predicted octanol–water partition coefficient (Wildman–Crippen LogP) is 2.85. The number of carbonyl (C=O) groups excluding carboxylic acids is 2. The first kappa shape index (κ1) is 19.2. The molecule has 30 heavy (non-hydrogen) atoms. The van der Waals surface area contributed by atoms with Crippen LogP contribution in [0.15, 0.2) is 53.4 Å². The Kier molecular flexibility index (Phi) is 4.59. The number of likely N-dealkylation sites (tertiary alicyclic amines) is 1. The molecule has 1 aromatic heterocycles. The number of nitrogens with zero attached hydrogens (tertiary/aromatic N) is 3. The molecule has 1 fully saturated rings. The summed E-state index contributed by atoms with van der Waals surface area (Å²) in [5.74, 6) is -0.882. The molecule has 1 saturated heterocycles. The molecule has 2 amide bonds. The van der Waals surface area contributed by atoms with Gasteiger partial charge in [0.15, 0.2) is 0 Å². The smallest absolute Gasteiger partial charge is 0.269 e. The summed E-state index contributed by atoms with van der Waals surface area (Å²) in [5.41, 5.74) is 1.07. The number of carbonyl (C=O) groups is 2. The lowest BCUT2D eigenvalue weighted by Gasteiger charge is -2.32. The minimum atomic E-state index is -3.99. The van der Waals surface area contributed by atoms with Gasteiger partial charge in [-0.15, -0.1) is 11.3 Å². The van der Waals surface area contributed by atoms with E-state index < -0.39 is 22.5 Å². The molecule has 1 unspecified atom stereocenters. The number of sulfonamides is 1. The molecular weight excluding hydrogens is 422 g/mol. The summed E-state index contributed by atoms with van der Waals surface area (Å²) >= 11 is 1.63. The summed E-state index contributed by atoms with van der Waals surface area (Å²) in [4.78, 5) is 31.9. The summed E-state index contributed by atoms with van der Waals surface area (Å²) in [6, 6.07) is 14.0. The summed E-state index contributed by atoms with van der Waals surface area (Å²) in [5, 5.41) is 0.992. The highest BCUT2D eigenvalue weighted by Crippen LogP contribution is 2.34. The Morgan fingerprint density at radius 3 is 2.70 bits per heavy atom. The molecule has 0 N–H and O–H groups in total. The summed E-state index contributed by atoms with van der Waals surface area (Å²) in [6.45, 7) is 0.561. The molecule has 0 radical (unpaired) electrons. The number of para-hydroxylation sites is 1. The van der Waals surface area contributed by atoms with Crippen LogP contribution in [0.1, 0.15) is 34.1 Å². The standard InChI is InChI=1S/C21H19N3O4S2/c25-19(13-24-21(26)15-7-1-4-10-18(15)30(24,27)28)23-11-5-6-14(12-23)20-22-16-8-2-3-9-17(16)29-20/h1-4,7-10,14H,5-6,11-13H2. The number of aromatic nitrogens is 1. The van der Waals surface area contributed by atoms with Crippen LogP contribution in [-0.2, 0) is 14.8 Å². The first-order valence-electron chi connectivity index (χ1n) is 9.74. The molecular formula is C21H19N3O4S2. The average molecular weight is 442 g/mol. The van der Waals surface area contributed by atoms with E-state index in [-0.39, 0.29) is 22.3 Å². The number of amides is 2. The molecule has 154 valence electrons. The fourth-order valence-corrected chi connectivity index (χ4v) is 6.69. The van der Waals surface area contributed by atoms with Crippen molar-refractivity contribution < 1.29 is 18.0 Å². The third-order valence-electron chi connectivity index (χ3n) is 5.62. The lowest BCUT2D eigenvalue weighted by Crippen LogP contribution is -2.46. The van der Waals surface area contributed by atoms with Crippen LogP contribution in [0.4, 0.5) is 0 Å². The highest BCUT2D eigenvalue weighted by atomic mass is 32.2. The number of fused-ring (bicyclic) bond motifs is 2. The number of benzene rings is 2. The van der Waals surface area contributed by atoms with Crippen molar-refractivity contribution in [3.63, 3.8) is 0 Å². The van der Waals surface area contributed by atoms with E-state index in [9.17, 15) is 18.0 Å². The second-order valence-corrected chi connectivity index (χ2v) is 10.4. The number of hydrogen-bond acceptors (Lipinski definition) is 6. The second kappa shape index (κ2) is 7.17. The van der Waals surface area contributed by atoms with Crippen LogP contribution in [0.2, 0.25) is 0 Å². The minimum absolute atomic E-state index is 0.0335. The Morgan fingerprint density at radius 1 is 1.13 bits per heavy atom. The van der Waals surface area contributed by atoms with E-state index in [0.717, 1.165) is 28.1 Å². The lowest BCUT2D eigenvalue weighted by molar-refractivity contribution is -0.132. The van der Waals surface area contributed by atoms with Crippen LogP contribution in [0.5, 0.6) is 0 Å². The van der Waals surface area contributed by atoms with Crippen LogP contribution in [0.25, 0.3) is 10.2 Å². The number of hydrogen-bond donors (Lipinski definition) is 0. The third kappa shape index (κ3) is 3.09. The van der Waals surface area contributed by atoms with Crippen LogP contribution < -0.4 is 0 Å². The topological polar surface area (TPSA) is 87.7 Å². The number of thiazole rings is 1. The second-order valence-electron chi connectivity index (χ2n) is 7.51. The molecule has 0 spiro atoms. The Morgan fingerprint density at radius 2 is 1.90 bits per heavy atom. The van der Waals surface area contributed by atoms with Crippen molar-refractivity contribution in [3.8, 4) is 0 Å². The van der Waals surface area contributed by atoms with Gasteiger partial charge in [0.1, 0.15) is 11.4 Å². The summed E-state index contributed by atoms with van der Waals surface area (Å²) < 4.78 is 27.3. The van der Waals surface area contributed by atoms with Gasteiger partial charge in [0.25, 0.3) is 15.9 Å². The molecule has 2 aromatic carbocycles. The van der Waals surface area contributed by atoms with Gasteiger partial charge in [-0.3, -0.25) is 9.59 Å². The molecule has 7 nitrogen and oxygen atoms in total. The Balaban J connectivity index is 1.34. The summed E-state index contributed by atoms with van der Waals surface area (Å²) in [6.07, 6.45) is 1.74. The van der Waals surface area contributed by atoms with Gasteiger partial charge >= 0.3 is 0 Å². The van der Waals surface area contributed by atoms with Gasteiger partial charge in [-0.2, -0.15) is 0 Å². The van der Waals surface area contributed by atoms with Gasteiger partial charge in [0, 0.05) is 19.0 Å². The van der Waals surface area contributed by atoms with Crippen molar-refractivity contribution in [1.82, 2.24) is 14.2 Å². The van der Waals surface area contributed by atoms with E-state index in [1.165, 1.54) is 12.1 Å². The zero-order valence-electron chi connectivity index (χ0n) is 16.0. The van der Waals surface area contributed by atoms with E-state index in [2.05, 4.69) is 0 Å². The number of rotatable bonds is 3. The first-order valence-corrected chi connectivity index (χ1v) is 12.0. The number of piperidine rings is 1. The maximum Gasteiger partial charge on any atom is 0.269 e. The average Bonchev–Trinajstić information content (AvgIpc) is 3.28. The van der Waals surface area contributed by atoms with E-state index in [0.29, 0.717) is 17.4 Å². The zero-order valence-corrected chi connectivity index (χ0v) is 17.7. The highest BCUT2D eigenvalue weighted by molar-refractivity contribution is 7.90. The predicted molar refractivity (Wildman–Crippen MR) is 113 cm³/mol. The Hall–Kier alpha value is -2.78. The van der Waals surface area contributed by atoms with Crippen LogP contribution >= 0.6 is 11.3 Å². The van der Waals surface area contributed by atoms with Crippen LogP contribution in [0.3, 0.4) is 0 Å². The molecule has 3 aromatic rings. The van der Waals surface area contributed by atoms with E-state index in [4.69, 9.17) is 4.98 Å². The Labute approximate surface area is 178 Å². The first-order chi connectivity index (χ1) is 14.4. The van der Waals surface area contributed by atoms with Crippen molar-refractivity contribution in [2.45, 2.75) is 23.7 Å². The van der Waals surface area contributed by atoms with Gasteiger partial charge in [-0.25, -0.2) is 17.7 Å². The molecule has 2 aliphatic rings. The maximum absolute atomic E-state index is 12.9. The molecule has 0 aliphatic carbocycles. The quantitative estimate of drug-likeness (QED) is 0.624. The monoisotopic (exact) mass is 441 g/mol. The molecule has 2 aliphatic heterocycles. The van der Waals surface area contributed by atoms with Crippen molar-refractivity contribution >= 4 is 43.4 Å². The van der Waals surface area contributed by atoms with Crippen LogP contribution in [-0.4, -0.2) is 54.1 Å². The lowest BCUT2D eigenvalue weighted by atomic mass is 9.98. The fraction of sp³-hybridized carbons (Fsp3) is 0.286. The molecule has 1 atom stereocenters. The summed E-state index contributed by atoms with van der Waals surface area (Å²) in [7, 11) is -3.99. The minimum Gasteiger partial charge on any atom is -0.340 e.